The van der Waals surface area contributed by atoms with Gasteiger partial charge in [0.25, 0.3) is 0 Å². The maximum atomic E-state index is 12.4. The number of rotatable bonds is 5. The zero-order chi connectivity index (χ0) is 17.8. The van der Waals surface area contributed by atoms with Crippen molar-refractivity contribution in [3.8, 4) is 0 Å². The lowest BCUT2D eigenvalue weighted by Gasteiger charge is -2.35. The molecule has 1 aromatic carbocycles. The van der Waals surface area contributed by atoms with Gasteiger partial charge in [-0.25, -0.2) is 9.59 Å². The van der Waals surface area contributed by atoms with E-state index in [4.69, 9.17) is 9.47 Å². The fourth-order valence-corrected chi connectivity index (χ4v) is 2.81. The molecule has 1 saturated heterocycles. The largest absolute Gasteiger partial charge is 0.479 e. The first kappa shape index (κ1) is 18.3. The number of carbonyl (C=O) groups is 2. The smallest absolute Gasteiger partial charge is 0.411 e. The minimum absolute atomic E-state index is 0.0591. The van der Waals surface area contributed by atoms with Crippen molar-refractivity contribution in [1.82, 2.24) is 4.90 Å². The normalized spacial score (nSPS) is 20.9. The summed E-state index contributed by atoms with van der Waals surface area (Å²) in [6, 6.07) is 9.52. The third-order valence-corrected chi connectivity index (χ3v) is 3.95. The van der Waals surface area contributed by atoms with E-state index in [0.29, 0.717) is 26.0 Å². The number of benzene rings is 1. The van der Waals surface area contributed by atoms with E-state index in [1.165, 1.54) is 4.90 Å². The van der Waals surface area contributed by atoms with Crippen molar-refractivity contribution in [1.29, 1.82) is 0 Å². The zero-order valence-corrected chi connectivity index (χ0v) is 14.4. The molecule has 0 aromatic heterocycles. The number of carbonyl (C=O) groups excluding carboxylic acids is 1. The lowest BCUT2D eigenvalue weighted by atomic mass is 9.97. The number of amides is 1. The van der Waals surface area contributed by atoms with E-state index in [9.17, 15) is 14.7 Å². The Kier molecular flexibility index (Phi) is 5.49. The van der Waals surface area contributed by atoms with Crippen LogP contribution < -0.4 is 0 Å². The molecular formula is C18H25NO5. The fourth-order valence-electron chi connectivity index (χ4n) is 2.81. The number of carboxylic acid groups (broad SMARTS) is 1. The van der Waals surface area contributed by atoms with Gasteiger partial charge in [0.2, 0.25) is 0 Å². The summed E-state index contributed by atoms with van der Waals surface area (Å²) < 4.78 is 11.0. The van der Waals surface area contributed by atoms with Crippen molar-refractivity contribution in [2.45, 2.75) is 51.4 Å². The topological polar surface area (TPSA) is 76.1 Å². The van der Waals surface area contributed by atoms with Gasteiger partial charge in [-0.1, -0.05) is 30.3 Å². The van der Waals surface area contributed by atoms with Crippen molar-refractivity contribution >= 4 is 12.1 Å². The average Bonchev–Trinajstić information content (AvgIpc) is 2.92. The first-order chi connectivity index (χ1) is 11.2. The van der Waals surface area contributed by atoms with Gasteiger partial charge in [0.05, 0.1) is 13.2 Å². The maximum absolute atomic E-state index is 12.4. The van der Waals surface area contributed by atoms with Gasteiger partial charge in [-0.3, -0.25) is 4.90 Å². The SMILES string of the molecule is CC(C)(C)OC(=O)N1CCCC1(COCc1ccccc1)C(=O)O. The Bertz CT molecular complexity index is 581. The number of likely N-dealkylation sites (tertiary alicyclic amines) is 1. The lowest BCUT2D eigenvalue weighted by molar-refractivity contribution is -0.153. The fraction of sp³-hybridized carbons (Fsp3) is 0.556. The Labute approximate surface area is 142 Å². The number of carboxylic acids is 1. The molecule has 6 nitrogen and oxygen atoms in total. The third kappa shape index (κ3) is 4.26. The second kappa shape index (κ2) is 7.21. The van der Waals surface area contributed by atoms with Crippen LogP contribution in [0.4, 0.5) is 4.79 Å². The van der Waals surface area contributed by atoms with Crippen molar-refractivity contribution in [2.24, 2.45) is 0 Å². The van der Waals surface area contributed by atoms with Crippen LogP contribution in [0, 0.1) is 0 Å². The van der Waals surface area contributed by atoms with Crippen LogP contribution in [-0.2, 0) is 20.9 Å². The van der Waals surface area contributed by atoms with Gasteiger partial charge in [-0.05, 0) is 39.2 Å². The number of nitrogens with zero attached hydrogens (tertiary/aromatic N) is 1. The molecular weight excluding hydrogens is 310 g/mol. The third-order valence-electron chi connectivity index (χ3n) is 3.95. The maximum Gasteiger partial charge on any atom is 0.411 e. The molecule has 0 aliphatic carbocycles. The van der Waals surface area contributed by atoms with E-state index in [1.807, 2.05) is 30.3 Å². The quantitative estimate of drug-likeness (QED) is 0.895. The summed E-state index contributed by atoms with van der Waals surface area (Å²) in [5, 5.41) is 9.75. The number of ether oxygens (including phenoxy) is 2. The molecule has 0 bridgehead atoms. The average molecular weight is 335 g/mol. The van der Waals surface area contributed by atoms with E-state index >= 15 is 0 Å². The van der Waals surface area contributed by atoms with Crippen LogP contribution in [-0.4, -0.2) is 46.4 Å². The van der Waals surface area contributed by atoms with Gasteiger partial charge >= 0.3 is 12.1 Å². The highest BCUT2D eigenvalue weighted by Gasteiger charge is 2.51. The Hall–Kier alpha value is -2.08. The molecule has 1 aromatic rings. The minimum atomic E-state index is -1.36. The molecule has 0 spiro atoms. The molecule has 1 heterocycles. The Morgan fingerprint density at radius 1 is 1.25 bits per heavy atom. The molecule has 0 saturated carbocycles. The summed E-state index contributed by atoms with van der Waals surface area (Å²) in [6.45, 7) is 5.88. The highest BCUT2D eigenvalue weighted by Crippen LogP contribution is 2.32. The van der Waals surface area contributed by atoms with E-state index in [1.54, 1.807) is 20.8 Å². The standard InChI is InChI=1S/C18H25NO5/c1-17(2,3)24-16(22)19-11-7-10-18(19,15(20)21)13-23-12-14-8-5-4-6-9-14/h4-6,8-9H,7,10-13H2,1-3H3,(H,20,21). The molecule has 1 fully saturated rings. The predicted molar refractivity (Wildman–Crippen MR) is 88.6 cm³/mol. The van der Waals surface area contributed by atoms with Crippen molar-refractivity contribution < 1.29 is 24.2 Å². The molecule has 1 atom stereocenters. The summed E-state index contributed by atoms with van der Waals surface area (Å²) in [7, 11) is 0. The number of aliphatic carboxylic acids is 1. The summed E-state index contributed by atoms with van der Waals surface area (Å²) in [5.41, 5.74) is -1.08. The molecule has 24 heavy (non-hydrogen) atoms. The van der Waals surface area contributed by atoms with Crippen LogP contribution >= 0.6 is 0 Å². The van der Waals surface area contributed by atoms with Crippen LogP contribution in [0.15, 0.2) is 30.3 Å². The first-order valence-electron chi connectivity index (χ1n) is 8.10. The Morgan fingerprint density at radius 3 is 2.50 bits per heavy atom. The summed E-state index contributed by atoms with van der Waals surface area (Å²) >= 11 is 0. The van der Waals surface area contributed by atoms with Crippen LogP contribution in [0.1, 0.15) is 39.2 Å². The second-order valence-electron chi connectivity index (χ2n) is 7.05. The van der Waals surface area contributed by atoms with E-state index < -0.39 is 23.2 Å². The van der Waals surface area contributed by atoms with Gasteiger partial charge in [0.1, 0.15) is 5.60 Å². The van der Waals surface area contributed by atoms with Gasteiger partial charge < -0.3 is 14.6 Å². The summed E-state index contributed by atoms with van der Waals surface area (Å²) in [6.07, 6.45) is 0.363. The van der Waals surface area contributed by atoms with E-state index in [2.05, 4.69) is 0 Å². The van der Waals surface area contributed by atoms with Gasteiger partial charge in [0.15, 0.2) is 5.54 Å². The lowest BCUT2D eigenvalue weighted by Crippen LogP contribution is -2.57. The van der Waals surface area contributed by atoms with Gasteiger partial charge in [0, 0.05) is 6.54 Å². The Morgan fingerprint density at radius 2 is 1.92 bits per heavy atom. The summed E-state index contributed by atoms with van der Waals surface area (Å²) in [4.78, 5) is 25.6. The van der Waals surface area contributed by atoms with Crippen molar-refractivity contribution in [2.75, 3.05) is 13.2 Å². The molecule has 1 amide bonds. The molecule has 6 heteroatoms. The van der Waals surface area contributed by atoms with Gasteiger partial charge in [-0.2, -0.15) is 0 Å². The first-order valence-corrected chi connectivity index (χ1v) is 8.10. The highest BCUT2D eigenvalue weighted by atomic mass is 16.6. The minimum Gasteiger partial charge on any atom is -0.479 e. The Balaban J connectivity index is 2.07. The number of hydrogen-bond donors (Lipinski definition) is 1. The van der Waals surface area contributed by atoms with Crippen LogP contribution in [0.3, 0.4) is 0 Å². The molecule has 1 aliphatic rings. The van der Waals surface area contributed by atoms with Gasteiger partial charge in [-0.15, -0.1) is 0 Å². The van der Waals surface area contributed by atoms with E-state index in [0.717, 1.165) is 5.56 Å². The molecule has 0 radical (unpaired) electrons. The van der Waals surface area contributed by atoms with Crippen LogP contribution in [0.2, 0.25) is 0 Å². The predicted octanol–water partition coefficient (Wildman–Crippen LogP) is 3.06. The summed E-state index contributed by atoms with van der Waals surface area (Å²) in [5.74, 6) is -1.06. The van der Waals surface area contributed by atoms with Crippen LogP contribution in [0.25, 0.3) is 0 Å². The second-order valence-corrected chi connectivity index (χ2v) is 7.05. The van der Waals surface area contributed by atoms with E-state index in [-0.39, 0.29) is 6.61 Å². The molecule has 1 aliphatic heterocycles. The van der Waals surface area contributed by atoms with Crippen LogP contribution in [0.5, 0.6) is 0 Å². The molecule has 1 unspecified atom stereocenters. The number of hydrogen-bond acceptors (Lipinski definition) is 4. The monoisotopic (exact) mass is 335 g/mol. The zero-order valence-electron chi connectivity index (χ0n) is 14.4. The molecule has 132 valence electrons. The highest BCUT2D eigenvalue weighted by molar-refractivity contribution is 5.85. The van der Waals surface area contributed by atoms with Crippen molar-refractivity contribution in [3.05, 3.63) is 35.9 Å². The molecule has 1 N–H and O–H groups in total. The molecule has 2 rings (SSSR count). The van der Waals surface area contributed by atoms with Crippen molar-refractivity contribution in [3.63, 3.8) is 0 Å².